The van der Waals surface area contributed by atoms with Crippen LogP contribution in [0.3, 0.4) is 0 Å². The molecule has 1 saturated heterocycles. The molecular weight excluding hydrogens is 388 g/mol. The summed E-state index contributed by atoms with van der Waals surface area (Å²) in [7, 11) is 0. The fourth-order valence-corrected chi connectivity index (χ4v) is 4.19. The van der Waals surface area contributed by atoms with E-state index < -0.39 is 0 Å². The van der Waals surface area contributed by atoms with Crippen LogP contribution in [0.2, 0.25) is 0 Å². The molecule has 7 heteroatoms. The number of hydrogen-bond donors (Lipinski definition) is 4. The van der Waals surface area contributed by atoms with Gasteiger partial charge in [0.05, 0.1) is 6.20 Å². The van der Waals surface area contributed by atoms with Crippen LogP contribution >= 0.6 is 0 Å². The van der Waals surface area contributed by atoms with E-state index in [4.69, 9.17) is 5.26 Å². The second kappa shape index (κ2) is 9.04. The molecule has 2 aliphatic rings. The van der Waals surface area contributed by atoms with Crippen LogP contribution in [0.4, 0.5) is 5.69 Å². The number of aromatic amines is 1. The van der Waals surface area contributed by atoms with Crippen molar-refractivity contribution in [3.05, 3.63) is 53.1 Å². The molecule has 0 unspecified atom stereocenters. The molecule has 31 heavy (non-hydrogen) atoms. The van der Waals surface area contributed by atoms with Gasteiger partial charge in [-0.2, -0.15) is 0 Å². The van der Waals surface area contributed by atoms with E-state index in [1.165, 1.54) is 17.3 Å². The molecule has 1 amide bonds. The minimum absolute atomic E-state index is 0.185. The maximum Gasteiger partial charge on any atom is 0.328 e. The first-order valence-corrected chi connectivity index (χ1v) is 11.0. The van der Waals surface area contributed by atoms with Crippen molar-refractivity contribution < 1.29 is 10.1 Å². The second-order valence-corrected chi connectivity index (χ2v) is 9.23. The number of benzene rings is 1. The van der Waals surface area contributed by atoms with Crippen molar-refractivity contribution in [1.29, 1.82) is 0 Å². The summed E-state index contributed by atoms with van der Waals surface area (Å²) in [4.78, 5) is 22.1. The molecule has 1 aromatic carbocycles. The van der Waals surface area contributed by atoms with Crippen molar-refractivity contribution >= 4 is 17.2 Å². The fraction of sp³-hybridized carbons (Fsp3) is 0.458. The Kier molecular flexibility index (Phi) is 6.21. The van der Waals surface area contributed by atoms with Gasteiger partial charge in [0.25, 0.3) is 5.91 Å². The van der Waals surface area contributed by atoms with E-state index in [1.807, 2.05) is 6.07 Å². The zero-order chi connectivity index (χ0) is 21.8. The van der Waals surface area contributed by atoms with Crippen LogP contribution in [0.1, 0.15) is 60.5 Å². The van der Waals surface area contributed by atoms with E-state index in [2.05, 4.69) is 63.6 Å². The number of rotatable bonds is 5. The summed E-state index contributed by atoms with van der Waals surface area (Å²) in [6.45, 7) is 9.68. The van der Waals surface area contributed by atoms with Crippen LogP contribution in [0.25, 0.3) is 5.57 Å². The van der Waals surface area contributed by atoms with Crippen molar-refractivity contribution in [3.63, 3.8) is 0 Å². The number of imidazole rings is 1. The molecule has 2 heterocycles. The zero-order valence-corrected chi connectivity index (χ0v) is 18.3. The van der Waals surface area contributed by atoms with Gasteiger partial charge in [-0.05, 0) is 47.9 Å². The maximum atomic E-state index is 12.8. The summed E-state index contributed by atoms with van der Waals surface area (Å²) in [6.07, 6.45) is 6.93. The summed E-state index contributed by atoms with van der Waals surface area (Å²) in [6, 6.07) is 8.57. The SMILES string of the molecule is CC1(C)CC=C(c2cc(CN3CCNCC3)ccc2NC(=O)c2ncc(C#[NH+])[nH]2)CC1. The highest BCUT2D eigenvalue weighted by Crippen LogP contribution is 2.40. The highest BCUT2D eigenvalue weighted by molar-refractivity contribution is 6.03. The molecule has 0 radical (unpaired) electrons. The first-order chi connectivity index (χ1) is 14.9. The van der Waals surface area contributed by atoms with Crippen molar-refractivity contribution in [1.82, 2.24) is 20.2 Å². The third kappa shape index (κ3) is 5.22. The van der Waals surface area contributed by atoms with Crippen LogP contribution in [-0.4, -0.2) is 47.0 Å². The maximum absolute atomic E-state index is 12.8. The van der Waals surface area contributed by atoms with E-state index in [-0.39, 0.29) is 11.7 Å². The molecule has 0 spiro atoms. The van der Waals surface area contributed by atoms with E-state index in [9.17, 15) is 4.79 Å². The smallest absolute Gasteiger partial charge is 0.322 e. The Balaban J connectivity index is 1.60. The van der Waals surface area contributed by atoms with Gasteiger partial charge in [0.2, 0.25) is 0 Å². The molecule has 0 saturated carbocycles. The number of carbonyl (C=O) groups excluding carboxylic acids is 1. The number of H-pyrrole nitrogens is 1. The molecule has 162 valence electrons. The predicted octanol–water partition coefficient (Wildman–Crippen LogP) is 1.78. The molecule has 1 aliphatic heterocycles. The molecule has 1 aromatic heterocycles. The third-order valence-corrected chi connectivity index (χ3v) is 6.19. The summed E-state index contributed by atoms with van der Waals surface area (Å²) in [5.74, 6) is -0.126. The Bertz CT molecular complexity index is 1020. The van der Waals surface area contributed by atoms with E-state index in [1.54, 1.807) is 0 Å². The molecular formula is C24H31N6O+. The van der Waals surface area contributed by atoms with Crippen molar-refractivity contribution in [2.45, 2.75) is 39.7 Å². The third-order valence-electron chi connectivity index (χ3n) is 6.19. The largest absolute Gasteiger partial charge is 0.328 e. The Morgan fingerprint density at radius 2 is 2.13 bits per heavy atom. The summed E-state index contributed by atoms with van der Waals surface area (Å²) >= 11 is 0. The molecule has 0 atom stereocenters. The molecule has 4 N–H and O–H groups in total. The minimum atomic E-state index is -0.311. The Morgan fingerprint density at radius 1 is 1.32 bits per heavy atom. The fourth-order valence-electron chi connectivity index (χ4n) is 4.19. The second-order valence-electron chi connectivity index (χ2n) is 9.23. The monoisotopic (exact) mass is 419 g/mol. The highest BCUT2D eigenvalue weighted by atomic mass is 16.2. The average Bonchev–Trinajstić information content (AvgIpc) is 3.25. The number of aromatic nitrogens is 2. The summed E-state index contributed by atoms with van der Waals surface area (Å²) in [5.41, 5.74) is 5.16. The predicted molar refractivity (Wildman–Crippen MR) is 121 cm³/mol. The normalized spacial score (nSPS) is 18.8. The standard InChI is InChI=1S/C24H30N6O/c1-24(2)7-5-18(6-8-24)20-13-17(16-30-11-9-26-10-12-30)3-4-21(20)29-23(31)22-27-15-19(14-25)28-22/h3-5,13,15,26H,6-12,16H2,1-2H3,(H,27,28)(H,29,31)/p+1. The van der Waals surface area contributed by atoms with Gasteiger partial charge in [0.15, 0.2) is 11.5 Å². The molecule has 2 aromatic rings. The lowest BCUT2D eigenvalue weighted by Crippen LogP contribution is -2.42. The number of nitrogens with one attached hydrogen (secondary N) is 4. The first kappa shape index (κ1) is 21.3. The lowest BCUT2D eigenvalue weighted by Gasteiger charge is -2.30. The number of hydrogen-bond acceptors (Lipinski definition) is 4. The number of nitrogens with zero attached hydrogens (tertiary/aromatic N) is 2. The Hall–Kier alpha value is -2.95. The zero-order valence-electron chi connectivity index (χ0n) is 18.3. The molecule has 1 aliphatic carbocycles. The van der Waals surface area contributed by atoms with E-state index in [0.717, 1.165) is 63.2 Å². The van der Waals surface area contributed by atoms with Crippen molar-refractivity contribution in [2.24, 2.45) is 5.41 Å². The van der Waals surface area contributed by atoms with Crippen LogP contribution < -0.4 is 15.9 Å². The minimum Gasteiger partial charge on any atom is -0.322 e. The number of amides is 1. The van der Waals surface area contributed by atoms with Crippen molar-refractivity contribution in [3.8, 4) is 6.07 Å². The molecule has 0 bridgehead atoms. The van der Waals surface area contributed by atoms with Crippen LogP contribution in [0, 0.1) is 11.5 Å². The average molecular weight is 420 g/mol. The van der Waals surface area contributed by atoms with Crippen LogP contribution in [0.15, 0.2) is 30.5 Å². The quantitative estimate of drug-likeness (QED) is 0.594. The molecule has 4 rings (SSSR count). The number of anilines is 1. The van der Waals surface area contributed by atoms with Gasteiger partial charge in [0.1, 0.15) is 0 Å². The van der Waals surface area contributed by atoms with E-state index in [0.29, 0.717) is 11.1 Å². The topological polar surface area (TPSA) is 96.8 Å². The molecule has 7 nitrogen and oxygen atoms in total. The molecule has 1 fully saturated rings. The Morgan fingerprint density at radius 3 is 2.81 bits per heavy atom. The van der Waals surface area contributed by atoms with Gasteiger partial charge >= 0.3 is 6.07 Å². The highest BCUT2D eigenvalue weighted by Gasteiger charge is 2.24. The lowest BCUT2D eigenvalue weighted by atomic mass is 9.76. The van der Waals surface area contributed by atoms with Crippen molar-refractivity contribution in [2.75, 3.05) is 31.5 Å². The number of allylic oxidation sites excluding steroid dienone is 2. The van der Waals surface area contributed by atoms with Gasteiger partial charge in [-0.1, -0.05) is 31.3 Å². The van der Waals surface area contributed by atoms with Crippen LogP contribution in [0.5, 0.6) is 0 Å². The van der Waals surface area contributed by atoms with Gasteiger partial charge in [-0.25, -0.2) is 4.98 Å². The van der Waals surface area contributed by atoms with Gasteiger partial charge in [-0.15, -0.1) is 0 Å². The summed E-state index contributed by atoms with van der Waals surface area (Å²) in [5, 5.41) is 13.6. The van der Waals surface area contributed by atoms with Gasteiger partial charge in [-0.3, -0.25) is 9.69 Å². The number of piperazine rings is 1. The van der Waals surface area contributed by atoms with Gasteiger partial charge < -0.3 is 15.6 Å². The first-order valence-electron chi connectivity index (χ1n) is 11.0. The Labute approximate surface area is 183 Å². The van der Waals surface area contributed by atoms with E-state index >= 15 is 0 Å². The van der Waals surface area contributed by atoms with Gasteiger partial charge in [0, 0.05) is 44.0 Å². The summed E-state index contributed by atoms with van der Waals surface area (Å²) < 4.78 is 0. The number of carbonyl (C=O) groups is 1. The van der Waals surface area contributed by atoms with Crippen LogP contribution in [-0.2, 0) is 6.54 Å². The lowest BCUT2D eigenvalue weighted by molar-refractivity contribution is -0.0912.